The van der Waals surface area contributed by atoms with Gasteiger partial charge in [0, 0.05) is 25.2 Å². The van der Waals surface area contributed by atoms with Crippen LogP contribution in [0.4, 0.5) is 0 Å². The summed E-state index contributed by atoms with van der Waals surface area (Å²) in [4.78, 5) is 15.6. The van der Waals surface area contributed by atoms with Crippen molar-refractivity contribution in [1.82, 2.24) is 20.0 Å². The molecule has 1 unspecified atom stereocenters. The SMILES string of the molecule is Cc1ccc(-n2nc(-c3ccco3)cc2C(=O)NCCCN2CCCCC2C)c(C)c1. The summed E-state index contributed by atoms with van der Waals surface area (Å²) in [5.41, 5.74) is 4.32. The van der Waals surface area contributed by atoms with Crippen LogP contribution in [0, 0.1) is 13.8 Å². The van der Waals surface area contributed by atoms with Gasteiger partial charge >= 0.3 is 0 Å². The molecular weight excluding hydrogens is 388 g/mol. The molecule has 0 radical (unpaired) electrons. The highest BCUT2D eigenvalue weighted by Gasteiger charge is 2.20. The van der Waals surface area contributed by atoms with Gasteiger partial charge in [-0.1, -0.05) is 24.1 Å². The lowest BCUT2D eigenvalue weighted by Crippen LogP contribution is -2.39. The predicted octanol–water partition coefficient (Wildman–Crippen LogP) is 4.74. The Morgan fingerprint density at radius 1 is 1.23 bits per heavy atom. The van der Waals surface area contributed by atoms with Crippen LogP contribution >= 0.6 is 0 Å². The lowest BCUT2D eigenvalue weighted by Gasteiger charge is -2.33. The molecule has 4 rings (SSSR count). The topological polar surface area (TPSA) is 63.3 Å². The summed E-state index contributed by atoms with van der Waals surface area (Å²) in [6, 6.07) is 12.3. The van der Waals surface area contributed by atoms with Crippen LogP contribution in [0.25, 0.3) is 17.1 Å². The molecule has 0 bridgehead atoms. The van der Waals surface area contributed by atoms with Gasteiger partial charge in [-0.05, 0) is 70.3 Å². The van der Waals surface area contributed by atoms with Crippen LogP contribution in [-0.4, -0.2) is 46.3 Å². The number of hydrogen-bond donors (Lipinski definition) is 1. The molecule has 1 fully saturated rings. The molecule has 2 aromatic heterocycles. The minimum atomic E-state index is -0.114. The maximum absolute atomic E-state index is 13.1. The highest BCUT2D eigenvalue weighted by molar-refractivity contribution is 5.94. The maximum Gasteiger partial charge on any atom is 0.270 e. The van der Waals surface area contributed by atoms with Gasteiger partial charge in [-0.2, -0.15) is 5.10 Å². The minimum Gasteiger partial charge on any atom is -0.463 e. The number of aromatic nitrogens is 2. The minimum absolute atomic E-state index is 0.114. The summed E-state index contributed by atoms with van der Waals surface area (Å²) in [7, 11) is 0. The van der Waals surface area contributed by atoms with Gasteiger partial charge < -0.3 is 14.6 Å². The van der Waals surface area contributed by atoms with Gasteiger partial charge in [0.25, 0.3) is 5.91 Å². The molecular formula is C25H32N4O2. The van der Waals surface area contributed by atoms with Crippen molar-refractivity contribution in [2.75, 3.05) is 19.6 Å². The monoisotopic (exact) mass is 420 g/mol. The summed E-state index contributed by atoms with van der Waals surface area (Å²) >= 11 is 0. The van der Waals surface area contributed by atoms with Crippen LogP contribution in [0.2, 0.25) is 0 Å². The van der Waals surface area contributed by atoms with Gasteiger partial charge in [-0.25, -0.2) is 4.68 Å². The molecule has 0 saturated carbocycles. The number of likely N-dealkylation sites (tertiary alicyclic amines) is 1. The zero-order chi connectivity index (χ0) is 21.8. The molecule has 3 aromatic rings. The summed E-state index contributed by atoms with van der Waals surface area (Å²) < 4.78 is 7.25. The summed E-state index contributed by atoms with van der Waals surface area (Å²) in [6.07, 6.45) is 6.44. The van der Waals surface area contributed by atoms with Crippen LogP contribution in [0.3, 0.4) is 0 Å². The quantitative estimate of drug-likeness (QED) is 0.561. The Bertz CT molecular complexity index is 1020. The van der Waals surface area contributed by atoms with E-state index >= 15 is 0 Å². The van der Waals surface area contributed by atoms with E-state index in [1.54, 1.807) is 17.0 Å². The Balaban J connectivity index is 1.50. The zero-order valence-electron chi connectivity index (χ0n) is 18.7. The highest BCUT2D eigenvalue weighted by atomic mass is 16.3. The first-order valence-corrected chi connectivity index (χ1v) is 11.3. The zero-order valence-corrected chi connectivity index (χ0v) is 18.7. The fourth-order valence-electron chi connectivity index (χ4n) is 4.38. The maximum atomic E-state index is 13.1. The van der Waals surface area contributed by atoms with Gasteiger partial charge in [0.1, 0.15) is 11.4 Å². The molecule has 1 atom stereocenters. The number of rotatable bonds is 7. The van der Waals surface area contributed by atoms with Crippen LogP contribution in [-0.2, 0) is 0 Å². The standard InChI is InChI=1S/C25H32N4O2/c1-18-10-11-22(19(2)16-18)29-23(17-21(27-29)24-9-6-15-31-24)25(30)26-12-7-14-28-13-5-4-8-20(28)3/h6,9-11,15-17,20H,4-5,7-8,12-14H2,1-3H3,(H,26,30). The smallest absolute Gasteiger partial charge is 0.270 e. The van der Waals surface area contributed by atoms with E-state index in [1.165, 1.54) is 31.4 Å². The molecule has 164 valence electrons. The molecule has 1 aliphatic rings. The number of nitrogens with one attached hydrogen (secondary N) is 1. The number of hydrogen-bond acceptors (Lipinski definition) is 4. The van der Waals surface area contributed by atoms with Crippen molar-refractivity contribution in [3.63, 3.8) is 0 Å². The second-order valence-electron chi connectivity index (χ2n) is 8.58. The second kappa shape index (κ2) is 9.52. The average Bonchev–Trinajstić information content (AvgIpc) is 3.42. The number of benzene rings is 1. The predicted molar refractivity (Wildman–Crippen MR) is 123 cm³/mol. The Morgan fingerprint density at radius 3 is 2.84 bits per heavy atom. The molecule has 1 saturated heterocycles. The number of aryl methyl sites for hydroxylation is 2. The van der Waals surface area contributed by atoms with Crippen molar-refractivity contribution in [3.8, 4) is 17.1 Å². The van der Waals surface area contributed by atoms with E-state index in [1.807, 2.05) is 31.2 Å². The number of amides is 1. The number of furan rings is 1. The molecule has 1 amide bonds. The van der Waals surface area contributed by atoms with E-state index in [0.29, 0.717) is 29.7 Å². The van der Waals surface area contributed by atoms with Crippen LogP contribution in [0.5, 0.6) is 0 Å². The van der Waals surface area contributed by atoms with Crippen LogP contribution in [0.1, 0.15) is 54.2 Å². The largest absolute Gasteiger partial charge is 0.463 e. The fourth-order valence-corrected chi connectivity index (χ4v) is 4.38. The molecule has 0 spiro atoms. The van der Waals surface area contributed by atoms with Gasteiger partial charge in [-0.15, -0.1) is 0 Å². The van der Waals surface area contributed by atoms with E-state index in [9.17, 15) is 4.79 Å². The van der Waals surface area contributed by atoms with Gasteiger partial charge in [0.05, 0.1) is 12.0 Å². The molecule has 6 nitrogen and oxygen atoms in total. The molecule has 1 aromatic carbocycles. The van der Waals surface area contributed by atoms with Crippen molar-refractivity contribution >= 4 is 5.91 Å². The van der Waals surface area contributed by atoms with Crippen molar-refractivity contribution in [3.05, 3.63) is 59.5 Å². The number of carbonyl (C=O) groups excluding carboxylic acids is 1. The third kappa shape index (κ3) is 4.90. The summed E-state index contributed by atoms with van der Waals surface area (Å²) in [6.45, 7) is 9.24. The molecule has 0 aliphatic carbocycles. The lowest BCUT2D eigenvalue weighted by atomic mass is 10.0. The van der Waals surface area contributed by atoms with E-state index < -0.39 is 0 Å². The molecule has 3 heterocycles. The van der Waals surface area contributed by atoms with Crippen molar-refractivity contribution < 1.29 is 9.21 Å². The first-order chi connectivity index (χ1) is 15.0. The van der Waals surface area contributed by atoms with Gasteiger partial charge in [-0.3, -0.25) is 4.79 Å². The second-order valence-corrected chi connectivity index (χ2v) is 8.58. The normalized spacial score (nSPS) is 17.1. The van der Waals surface area contributed by atoms with E-state index in [0.717, 1.165) is 24.2 Å². The highest BCUT2D eigenvalue weighted by Crippen LogP contribution is 2.24. The van der Waals surface area contributed by atoms with Crippen molar-refractivity contribution in [2.24, 2.45) is 0 Å². The number of carbonyl (C=O) groups is 1. The molecule has 31 heavy (non-hydrogen) atoms. The third-order valence-electron chi connectivity index (χ3n) is 6.14. The van der Waals surface area contributed by atoms with E-state index in [4.69, 9.17) is 9.52 Å². The first-order valence-electron chi connectivity index (χ1n) is 11.3. The Morgan fingerprint density at radius 2 is 2.10 bits per heavy atom. The Kier molecular flexibility index (Phi) is 6.56. The van der Waals surface area contributed by atoms with Gasteiger partial charge in [0.15, 0.2) is 5.76 Å². The van der Waals surface area contributed by atoms with Crippen LogP contribution in [0.15, 0.2) is 47.1 Å². The third-order valence-corrected chi connectivity index (χ3v) is 6.14. The average molecular weight is 421 g/mol. The number of nitrogens with zero attached hydrogens (tertiary/aromatic N) is 3. The Labute approximate surface area is 184 Å². The summed E-state index contributed by atoms with van der Waals surface area (Å²) in [5, 5.41) is 7.80. The summed E-state index contributed by atoms with van der Waals surface area (Å²) in [5.74, 6) is 0.536. The van der Waals surface area contributed by atoms with E-state index in [-0.39, 0.29) is 5.91 Å². The first kappa shape index (κ1) is 21.4. The van der Waals surface area contributed by atoms with Crippen molar-refractivity contribution in [2.45, 2.75) is 52.5 Å². The van der Waals surface area contributed by atoms with E-state index in [2.05, 4.69) is 30.1 Å². The fraction of sp³-hybridized carbons (Fsp3) is 0.440. The number of piperidine rings is 1. The Hall–Kier alpha value is -2.86. The molecule has 6 heteroatoms. The molecule has 1 N–H and O–H groups in total. The van der Waals surface area contributed by atoms with Crippen LogP contribution < -0.4 is 5.32 Å². The lowest BCUT2D eigenvalue weighted by molar-refractivity contribution is 0.0941. The van der Waals surface area contributed by atoms with Gasteiger partial charge in [0.2, 0.25) is 0 Å². The van der Waals surface area contributed by atoms with Crippen molar-refractivity contribution in [1.29, 1.82) is 0 Å². The molecule has 1 aliphatic heterocycles.